The van der Waals surface area contributed by atoms with Gasteiger partial charge in [0.05, 0.1) is 0 Å². The zero-order valence-electron chi connectivity index (χ0n) is 17.8. The Labute approximate surface area is 179 Å². The molecule has 5 rings (SSSR count). The predicted octanol–water partition coefficient (Wildman–Crippen LogP) is 2.99. The molecule has 0 radical (unpaired) electrons. The summed E-state index contributed by atoms with van der Waals surface area (Å²) in [5.41, 5.74) is 3.68. The van der Waals surface area contributed by atoms with Crippen LogP contribution in [0.5, 0.6) is 0 Å². The third kappa shape index (κ3) is 3.17. The molecule has 7 nitrogen and oxygen atoms in total. The fourth-order valence-corrected chi connectivity index (χ4v) is 4.44. The second-order valence-corrected chi connectivity index (χ2v) is 8.06. The van der Waals surface area contributed by atoms with Crippen molar-refractivity contribution in [3.8, 4) is 0 Å². The maximum absolute atomic E-state index is 13.4. The number of hydrogen-bond donors (Lipinski definition) is 0. The van der Waals surface area contributed by atoms with Crippen LogP contribution in [-0.4, -0.2) is 25.2 Å². The third-order valence-electron chi connectivity index (χ3n) is 6.09. The van der Waals surface area contributed by atoms with E-state index >= 15 is 0 Å². The second-order valence-electron chi connectivity index (χ2n) is 8.06. The van der Waals surface area contributed by atoms with E-state index in [4.69, 9.17) is 4.98 Å². The Balaban J connectivity index is 1.65. The Bertz CT molecular complexity index is 1380. The minimum atomic E-state index is -0.327. The lowest BCUT2D eigenvalue weighted by Crippen LogP contribution is -2.40. The number of imidazole rings is 1. The minimum absolute atomic E-state index is 0.264. The topological polar surface area (TPSA) is 65.1 Å². The van der Waals surface area contributed by atoms with Crippen molar-refractivity contribution in [1.82, 2.24) is 18.7 Å². The Kier molecular flexibility index (Phi) is 4.73. The van der Waals surface area contributed by atoms with Crippen LogP contribution in [0.1, 0.15) is 17.5 Å². The lowest BCUT2D eigenvalue weighted by molar-refractivity contribution is 0.584. The highest BCUT2D eigenvalue weighted by atomic mass is 16.2. The molecule has 0 unspecified atom stereocenters. The fraction of sp³-hybridized carbons (Fsp3) is 0.292. The van der Waals surface area contributed by atoms with Crippen LogP contribution in [-0.2, 0) is 26.6 Å². The highest BCUT2D eigenvalue weighted by molar-refractivity contribution is 5.77. The Hall–Kier alpha value is -3.61. The van der Waals surface area contributed by atoms with Gasteiger partial charge in [0.15, 0.2) is 11.2 Å². The summed E-state index contributed by atoms with van der Waals surface area (Å²) >= 11 is 0. The number of anilines is 2. The molecule has 7 heteroatoms. The normalized spacial score (nSPS) is 13.5. The van der Waals surface area contributed by atoms with Crippen LogP contribution in [0.2, 0.25) is 0 Å². The first-order valence-electron chi connectivity index (χ1n) is 10.6. The molecule has 0 saturated heterocycles. The molecule has 158 valence electrons. The average Bonchev–Trinajstić information content (AvgIpc) is 3.19. The average molecular weight is 415 g/mol. The molecule has 0 amide bonds. The van der Waals surface area contributed by atoms with Crippen molar-refractivity contribution in [2.24, 2.45) is 7.05 Å². The monoisotopic (exact) mass is 415 g/mol. The molecule has 0 aliphatic carbocycles. The Morgan fingerprint density at radius 1 is 0.968 bits per heavy atom. The van der Waals surface area contributed by atoms with E-state index in [0.717, 1.165) is 35.7 Å². The summed E-state index contributed by atoms with van der Waals surface area (Å²) in [7, 11) is 1.69. The van der Waals surface area contributed by atoms with E-state index in [1.54, 1.807) is 7.05 Å². The standard InChI is InChI=1S/C24H25N5O2/c1-17-9-6-7-12-19(17)27-14-8-15-28-20-21(25-23(27)28)26(2)24(31)29(22(20)30)16-13-18-10-4-3-5-11-18/h3-7,9-12H,8,13-16H2,1-2H3. The second kappa shape index (κ2) is 7.58. The van der Waals surface area contributed by atoms with Gasteiger partial charge in [-0.15, -0.1) is 0 Å². The molecule has 0 atom stereocenters. The number of hydrogen-bond acceptors (Lipinski definition) is 4. The summed E-state index contributed by atoms with van der Waals surface area (Å²) in [6.45, 7) is 3.95. The van der Waals surface area contributed by atoms with Gasteiger partial charge in [-0.3, -0.25) is 13.9 Å². The SMILES string of the molecule is Cc1ccccc1N1CCCn2c1nc1c2c(=O)n(CCc2ccccc2)c(=O)n1C. The minimum Gasteiger partial charge on any atom is -0.312 e. The summed E-state index contributed by atoms with van der Waals surface area (Å²) in [6, 6.07) is 18.1. The number of fused-ring (bicyclic) bond motifs is 3. The van der Waals surface area contributed by atoms with Gasteiger partial charge in [0.25, 0.3) is 5.56 Å². The van der Waals surface area contributed by atoms with E-state index < -0.39 is 0 Å². The quantitative estimate of drug-likeness (QED) is 0.514. The molecule has 3 heterocycles. The molecule has 0 bridgehead atoms. The summed E-state index contributed by atoms with van der Waals surface area (Å²) in [5.74, 6) is 0.725. The largest absolute Gasteiger partial charge is 0.332 e. The van der Waals surface area contributed by atoms with Crippen molar-refractivity contribution in [1.29, 1.82) is 0 Å². The van der Waals surface area contributed by atoms with Crippen LogP contribution < -0.4 is 16.1 Å². The van der Waals surface area contributed by atoms with Crippen molar-refractivity contribution >= 4 is 22.8 Å². The first-order valence-corrected chi connectivity index (χ1v) is 10.6. The molecule has 0 spiro atoms. The van der Waals surface area contributed by atoms with E-state index in [-0.39, 0.29) is 11.2 Å². The van der Waals surface area contributed by atoms with E-state index in [1.165, 1.54) is 9.13 Å². The lowest BCUT2D eigenvalue weighted by Gasteiger charge is -2.30. The van der Waals surface area contributed by atoms with E-state index in [9.17, 15) is 9.59 Å². The van der Waals surface area contributed by atoms with Gasteiger partial charge in [0.2, 0.25) is 5.95 Å². The van der Waals surface area contributed by atoms with Crippen molar-refractivity contribution in [2.45, 2.75) is 32.9 Å². The summed E-state index contributed by atoms with van der Waals surface area (Å²) in [4.78, 5) is 33.4. The van der Waals surface area contributed by atoms with Gasteiger partial charge < -0.3 is 9.47 Å². The number of nitrogens with zero attached hydrogens (tertiary/aromatic N) is 5. The van der Waals surface area contributed by atoms with Gasteiger partial charge in [0.1, 0.15) is 0 Å². The summed E-state index contributed by atoms with van der Waals surface area (Å²) in [5, 5.41) is 0. The van der Waals surface area contributed by atoms with Crippen LogP contribution in [0.3, 0.4) is 0 Å². The maximum Gasteiger partial charge on any atom is 0.332 e. The predicted molar refractivity (Wildman–Crippen MR) is 122 cm³/mol. The lowest BCUT2D eigenvalue weighted by atomic mass is 10.1. The van der Waals surface area contributed by atoms with Crippen molar-refractivity contribution < 1.29 is 0 Å². The molecule has 1 aliphatic rings. The van der Waals surface area contributed by atoms with E-state index in [0.29, 0.717) is 30.7 Å². The van der Waals surface area contributed by atoms with Gasteiger partial charge in [-0.2, -0.15) is 4.98 Å². The van der Waals surface area contributed by atoms with Gasteiger partial charge in [-0.25, -0.2) is 4.79 Å². The summed E-state index contributed by atoms with van der Waals surface area (Å²) < 4.78 is 4.83. The fourth-order valence-electron chi connectivity index (χ4n) is 4.44. The first-order chi connectivity index (χ1) is 15.1. The Morgan fingerprint density at radius 2 is 1.71 bits per heavy atom. The van der Waals surface area contributed by atoms with Gasteiger partial charge in [0, 0.05) is 32.4 Å². The highest BCUT2D eigenvalue weighted by Crippen LogP contribution is 2.32. The highest BCUT2D eigenvalue weighted by Gasteiger charge is 2.27. The van der Waals surface area contributed by atoms with Gasteiger partial charge in [-0.05, 0) is 37.0 Å². The molecule has 31 heavy (non-hydrogen) atoms. The van der Waals surface area contributed by atoms with Crippen molar-refractivity contribution in [3.63, 3.8) is 0 Å². The van der Waals surface area contributed by atoms with Crippen LogP contribution in [0.25, 0.3) is 11.2 Å². The number of rotatable bonds is 4. The molecule has 2 aromatic heterocycles. The van der Waals surface area contributed by atoms with E-state index in [2.05, 4.69) is 24.0 Å². The van der Waals surface area contributed by atoms with Crippen LogP contribution in [0.4, 0.5) is 11.6 Å². The van der Waals surface area contributed by atoms with Crippen molar-refractivity contribution in [3.05, 3.63) is 86.6 Å². The molecule has 2 aromatic carbocycles. The Morgan fingerprint density at radius 3 is 2.48 bits per heavy atom. The van der Waals surface area contributed by atoms with Crippen LogP contribution >= 0.6 is 0 Å². The number of para-hydroxylation sites is 1. The van der Waals surface area contributed by atoms with Crippen molar-refractivity contribution in [2.75, 3.05) is 11.4 Å². The zero-order valence-corrected chi connectivity index (χ0v) is 17.8. The zero-order chi connectivity index (χ0) is 21.5. The molecule has 0 saturated carbocycles. The molecule has 4 aromatic rings. The summed E-state index contributed by atoms with van der Waals surface area (Å²) in [6.07, 6.45) is 1.52. The molecular formula is C24H25N5O2. The first kappa shape index (κ1) is 19.4. The van der Waals surface area contributed by atoms with Gasteiger partial charge in [-0.1, -0.05) is 48.5 Å². The molecular weight excluding hydrogens is 390 g/mol. The smallest absolute Gasteiger partial charge is 0.312 e. The third-order valence-corrected chi connectivity index (χ3v) is 6.09. The number of benzene rings is 2. The van der Waals surface area contributed by atoms with Crippen LogP contribution in [0, 0.1) is 6.92 Å². The molecule has 1 aliphatic heterocycles. The van der Waals surface area contributed by atoms with Gasteiger partial charge >= 0.3 is 5.69 Å². The number of aromatic nitrogens is 4. The van der Waals surface area contributed by atoms with Crippen LogP contribution in [0.15, 0.2) is 64.2 Å². The van der Waals surface area contributed by atoms with E-state index in [1.807, 2.05) is 47.0 Å². The molecule has 0 fully saturated rings. The number of aryl methyl sites for hydroxylation is 4. The maximum atomic E-state index is 13.4. The molecule has 0 N–H and O–H groups in total.